The van der Waals surface area contributed by atoms with Crippen LogP contribution in [0.25, 0.3) is 16.8 Å². The lowest BCUT2D eigenvalue weighted by atomic mass is 10.0. The second-order valence-corrected chi connectivity index (χ2v) is 5.36. The van der Waals surface area contributed by atoms with Crippen molar-refractivity contribution in [1.29, 1.82) is 0 Å². The Labute approximate surface area is 140 Å². The molecule has 0 aliphatic rings. The van der Waals surface area contributed by atoms with Gasteiger partial charge in [0.1, 0.15) is 5.75 Å². The molecule has 0 atom stereocenters. The average Bonchev–Trinajstić information content (AvgIpc) is 2.85. The van der Waals surface area contributed by atoms with Gasteiger partial charge < -0.3 is 10.5 Å². The maximum Gasteiger partial charge on any atom is 0.573 e. The zero-order valence-electron chi connectivity index (χ0n) is 13.0. The molecule has 0 aliphatic carbocycles. The van der Waals surface area contributed by atoms with Crippen molar-refractivity contribution in [3.8, 4) is 16.9 Å². The number of ether oxygens (including phenoxy) is 1. The molecule has 0 bridgehead atoms. The summed E-state index contributed by atoms with van der Waals surface area (Å²) in [5, 5.41) is 4.35. The van der Waals surface area contributed by atoms with Crippen LogP contribution >= 0.6 is 0 Å². The molecule has 3 aromatic rings. The van der Waals surface area contributed by atoms with Gasteiger partial charge in [0, 0.05) is 11.9 Å². The monoisotopic (exact) mass is 350 g/mol. The number of benzene rings is 1. The average molecular weight is 350 g/mol. The van der Waals surface area contributed by atoms with Crippen molar-refractivity contribution in [1.82, 2.24) is 14.6 Å². The van der Waals surface area contributed by atoms with E-state index in [0.717, 1.165) is 5.69 Å². The summed E-state index contributed by atoms with van der Waals surface area (Å²) >= 11 is 0. The molecule has 25 heavy (non-hydrogen) atoms. The van der Waals surface area contributed by atoms with Crippen LogP contribution in [-0.4, -0.2) is 26.9 Å². The number of alkyl halides is 3. The molecule has 1 amide bonds. The number of hydrogen-bond acceptors (Lipinski definition) is 4. The van der Waals surface area contributed by atoms with Crippen LogP contribution < -0.4 is 10.5 Å². The Kier molecular flexibility index (Phi) is 4.07. The van der Waals surface area contributed by atoms with E-state index in [0.29, 0.717) is 22.5 Å². The Morgan fingerprint density at radius 2 is 1.92 bits per heavy atom. The molecule has 1 aromatic carbocycles. The summed E-state index contributed by atoms with van der Waals surface area (Å²) in [6, 6.07) is 7.03. The van der Waals surface area contributed by atoms with Crippen molar-refractivity contribution in [2.75, 3.05) is 0 Å². The van der Waals surface area contributed by atoms with Crippen molar-refractivity contribution in [3.05, 3.63) is 47.9 Å². The van der Waals surface area contributed by atoms with E-state index < -0.39 is 12.3 Å². The SMILES string of the molecule is Cc1ccnc2c(-c3ccc(OC(F)(F)F)cc3)c(CC(N)=O)nn12. The Morgan fingerprint density at radius 3 is 2.52 bits per heavy atom. The minimum absolute atomic E-state index is 0.112. The normalized spacial score (nSPS) is 11.7. The van der Waals surface area contributed by atoms with Crippen LogP contribution in [0.4, 0.5) is 13.2 Å². The Morgan fingerprint density at radius 1 is 1.24 bits per heavy atom. The third-order valence-electron chi connectivity index (χ3n) is 3.50. The minimum atomic E-state index is -4.76. The Hall–Kier alpha value is -3.10. The van der Waals surface area contributed by atoms with Gasteiger partial charge in [-0.1, -0.05) is 12.1 Å². The first-order chi connectivity index (χ1) is 11.7. The third-order valence-corrected chi connectivity index (χ3v) is 3.50. The van der Waals surface area contributed by atoms with E-state index in [-0.39, 0.29) is 12.2 Å². The number of carbonyl (C=O) groups is 1. The van der Waals surface area contributed by atoms with Crippen LogP contribution in [0.15, 0.2) is 36.5 Å². The topological polar surface area (TPSA) is 82.5 Å². The van der Waals surface area contributed by atoms with E-state index in [1.165, 1.54) is 24.3 Å². The van der Waals surface area contributed by atoms with E-state index in [9.17, 15) is 18.0 Å². The molecule has 2 heterocycles. The fourth-order valence-electron chi connectivity index (χ4n) is 2.51. The number of carbonyl (C=O) groups excluding carboxylic acids is 1. The van der Waals surface area contributed by atoms with Crippen LogP contribution in [0.5, 0.6) is 5.75 Å². The number of nitrogens with zero attached hydrogens (tertiary/aromatic N) is 3. The zero-order valence-corrected chi connectivity index (χ0v) is 13.0. The van der Waals surface area contributed by atoms with Gasteiger partial charge >= 0.3 is 6.36 Å². The number of amides is 1. The van der Waals surface area contributed by atoms with Gasteiger partial charge in [-0.05, 0) is 30.7 Å². The Bertz CT molecular complexity index is 933. The summed E-state index contributed by atoms with van der Waals surface area (Å²) < 4.78 is 42.3. The quantitative estimate of drug-likeness (QED) is 0.784. The molecular formula is C16H13F3N4O2. The summed E-state index contributed by atoms with van der Waals surface area (Å²) in [6.07, 6.45) is -3.29. The predicted octanol–water partition coefficient (Wildman–Crippen LogP) is 2.63. The van der Waals surface area contributed by atoms with Crippen LogP contribution in [0, 0.1) is 6.92 Å². The molecule has 0 aliphatic heterocycles. The number of aromatic nitrogens is 3. The summed E-state index contributed by atoms with van der Waals surface area (Å²) in [5.74, 6) is -0.910. The fourth-order valence-corrected chi connectivity index (χ4v) is 2.51. The van der Waals surface area contributed by atoms with Crippen LogP contribution in [-0.2, 0) is 11.2 Å². The lowest BCUT2D eigenvalue weighted by Gasteiger charge is -2.09. The van der Waals surface area contributed by atoms with Crippen molar-refractivity contribution < 1.29 is 22.7 Å². The van der Waals surface area contributed by atoms with Crippen molar-refractivity contribution in [2.24, 2.45) is 5.73 Å². The van der Waals surface area contributed by atoms with Gasteiger partial charge in [-0.15, -0.1) is 13.2 Å². The molecule has 0 fully saturated rings. The maximum absolute atomic E-state index is 12.3. The standard InChI is InChI=1S/C16H13F3N4O2/c1-9-6-7-21-15-14(12(8-13(20)24)22-23(9)15)10-2-4-11(5-3-10)25-16(17,18)19/h2-7H,8H2,1H3,(H2,20,24). The largest absolute Gasteiger partial charge is 0.573 e. The van der Waals surface area contributed by atoms with Gasteiger partial charge in [0.15, 0.2) is 5.65 Å². The molecule has 0 saturated heterocycles. The number of hydrogen-bond donors (Lipinski definition) is 1. The number of primary amides is 1. The number of nitrogens with two attached hydrogens (primary N) is 1. The molecule has 2 aromatic heterocycles. The number of fused-ring (bicyclic) bond motifs is 1. The molecule has 0 saturated carbocycles. The lowest BCUT2D eigenvalue weighted by molar-refractivity contribution is -0.274. The van der Waals surface area contributed by atoms with Crippen LogP contribution in [0.3, 0.4) is 0 Å². The van der Waals surface area contributed by atoms with Crippen molar-refractivity contribution in [3.63, 3.8) is 0 Å². The highest BCUT2D eigenvalue weighted by Crippen LogP contribution is 2.31. The minimum Gasteiger partial charge on any atom is -0.406 e. The molecule has 6 nitrogen and oxygen atoms in total. The maximum atomic E-state index is 12.3. The first-order valence-electron chi connectivity index (χ1n) is 7.22. The van der Waals surface area contributed by atoms with Gasteiger partial charge in [-0.25, -0.2) is 9.50 Å². The van der Waals surface area contributed by atoms with Gasteiger partial charge in [0.2, 0.25) is 5.91 Å². The van der Waals surface area contributed by atoms with E-state index >= 15 is 0 Å². The molecule has 0 spiro atoms. The van der Waals surface area contributed by atoms with Crippen molar-refractivity contribution in [2.45, 2.75) is 19.7 Å². The smallest absolute Gasteiger partial charge is 0.406 e. The molecule has 0 unspecified atom stereocenters. The predicted molar refractivity (Wildman–Crippen MR) is 82.7 cm³/mol. The molecule has 2 N–H and O–H groups in total. The first kappa shape index (κ1) is 16.7. The van der Waals surface area contributed by atoms with Crippen LogP contribution in [0.1, 0.15) is 11.4 Å². The van der Waals surface area contributed by atoms with E-state index in [4.69, 9.17) is 5.73 Å². The second-order valence-electron chi connectivity index (χ2n) is 5.36. The molecular weight excluding hydrogens is 337 g/mol. The molecule has 0 radical (unpaired) electrons. The van der Waals surface area contributed by atoms with E-state index in [1.54, 1.807) is 16.8 Å². The van der Waals surface area contributed by atoms with Gasteiger partial charge in [-0.2, -0.15) is 5.10 Å². The summed E-state index contributed by atoms with van der Waals surface area (Å²) in [6.45, 7) is 1.82. The number of rotatable bonds is 4. The highest BCUT2D eigenvalue weighted by Gasteiger charge is 2.31. The molecule has 9 heteroatoms. The van der Waals surface area contributed by atoms with Gasteiger partial charge in [-0.3, -0.25) is 4.79 Å². The fraction of sp³-hybridized carbons (Fsp3) is 0.188. The lowest BCUT2D eigenvalue weighted by Crippen LogP contribution is -2.17. The molecule has 130 valence electrons. The van der Waals surface area contributed by atoms with E-state index in [1.807, 2.05) is 6.92 Å². The number of aryl methyl sites for hydroxylation is 1. The second kappa shape index (κ2) is 6.08. The van der Waals surface area contributed by atoms with E-state index in [2.05, 4.69) is 14.8 Å². The summed E-state index contributed by atoms with van der Waals surface area (Å²) in [5.41, 5.74) is 8.05. The first-order valence-corrected chi connectivity index (χ1v) is 7.22. The Balaban J connectivity index is 2.10. The zero-order chi connectivity index (χ0) is 18.2. The molecule has 3 rings (SSSR count). The highest BCUT2D eigenvalue weighted by atomic mass is 19.4. The highest BCUT2D eigenvalue weighted by molar-refractivity contribution is 5.85. The van der Waals surface area contributed by atoms with Crippen LogP contribution in [0.2, 0.25) is 0 Å². The number of halogens is 3. The van der Waals surface area contributed by atoms with Gasteiger partial charge in [0.25, 0.3) is 0 Å². The summed E-state index contributed by atoms with van der Waals surface area (Å²) in [4.78, 5) is 15.6. The third kappa shape index (κ3) is 3.54. The summed E-state index contributed by atoms with van der Waals surface area (Å²) in [7, 11) is 0. The van der Waals surface area contributed by atoms with Crippen molar-refractivity contribution >= 4 is 11.6 Å². The van der Waals surface area contributed by atoms with Gasteiger partial charge in [0.05, 0.1) is 17.7 Å².